The number of aromatic nitrogens is 4. The second-order valence-electron chi connectivity index (χ2n) is 29.5. The van der Waals surface area contributed by atoms with Gasteiger partial charge in [-0.3, -0.25) is 39.3 Å². The normalized spacial score (nSPS) is 16.5. The minimum absolute atomic E-state index is 0.0742. The third kappa shape index (κ3) is 21.9. The number of benzene rings is 4. The molecule has 2 bridgehead atoms. The maximum Gasteiger partial charge on any atom is 0.524 e. The van der Waals surface area contributed by atoms with E-state index >= 15 is 44.7 Å². The number of hydrazine groups is 1. The fourth-order valence-corrected chi connectivity index (χ4v) is 14.1. The number of rotatable bonds is 30. The molecule has 0 saturated carbocycles. The number of carbonyl (C=O) groups excluding carboxylic acids is 6. The lowest BCUT2D eigenvalue weighted by atomic mass is 9.77. The van der Waals surface area contributed by atoms with E-state index in [2.05, 4.69) is 62.2 Å². The number of methoxy groups -OCH3 is 2. The number of hydrogen-bond acceptors (Lipinski definition) is 20. The largest absolute Gasteiger partial charge is 0.524 e. The summed E-state index contributed by atoms with van der Waals surface area (Å²) < 4.78 is 192. The van der Waals surface area contributed by atoms with Gasteiger partial charge < -0.3 is 54.7 Å². The highest BCUT2D eigenvalue weighted by Gasteiger charge is 2.58. The number of aromatic carboxylic acids is 1. The Bertz CT molecular complexity index is 4740. The Balaban J connectivity index is 1.16. The molecule has 2 aromatic heterocycles. The van der Waals surface area contributed by atoms with Gasteiger partial charge in [-0.15, -0.1) is 0 Å². The number of carbonyl (C=O) groups is 7. The summed E-state index contributed by atoms with van der Waals surface area (Å²) in [6.45, 7) is 2.26. The summed E-state index contributed by atoms with van der Waals surface area (Å²) >= 11 is 0. The molecule has 29 nitrogen and oxygen atoms in total. The lowest BCUT2D eigenvalue weighted by molar-refractivity contribution is -0.221. The van der Waals surface area contributed by atoms with Gasteiger partial charge in [-0.1, -0.05) is 43.9 Å². The van der Waals surface area contributed by atoms with Gasteiger partial charge in [0.15, 0.2) is 0 Å². The second-order valence-corrected chi connectivity index (χ2v) is 30.7. The summed E-state index contributed by atoms with van der Waals surface area (Å²) in [6.07, 6.45) is -13.1. The molecule has 9 rings (SSSR count). The van der Waals surface area contributed by atoms with Crippen molar-refractivity contribution in [1.82, 2.24) is 56.4 Å². The van der Waals surface area contributed by atoms with Gasteiger partial charge >= 0.3 is 50.8 Å². The molecule has 618 valence electrons. The molecule has 115 heavy (non-hydrogen) atoms. The zero-order valence-electron chi connectivity index (χ0n) is 63.2. The molecule has 3 fully saturated rings. The fraction of sp³-hybridized carbons (Fsp3) is 0.453. The maximum atomic E-state index is 16.9. The molecule has 6 aromatic rings. The smallest absolute Gasteiger partial charge is 0.478 e. The minimum Gasteiger partial charge on any atom is -0.478 e. The van der Waals surface area contributed by atoms with E-state index in [0.29, 0.717) is 106 Å². The van der Waals surface area contributed by atoms with Crippen molar-refractivity contribution in [2.45, 2.75) is 160 Å². The van der Waals surface area contributed by atoms with E-state index in [1.165, 1.54) is 75.6 Å². The number of fused-ring (bicyclic) bond motifs is 2. The van der Waals surface area contributed by atoms with Crippen LogP contribution in [0.25, 0.3) is 11.3 Å². The number of amides is 5. The first kappa shape index (κ1) is 88.0. The molecular weight excluding hydrogens is 1560 g/mol. The van der Waals surface area contributed by atoms with E-state index in [1.54, 1.807) is 5.32 Å². The molecule has 0 spiro atoms. The van der Waals surface area contributed by atoms with Gasteiger partial charge in [-0.25, -0.2) is 47.4 Å². The Morgan fingerprint density at radius 1 is 0.748 bits per heavy atom. The molecule has 5 heterocycles. The number of alkyl carbamates (subject to hydrolysis) is 2. The molecule has 5 amide bonds. The van der Waals surface area contributed by atoms with Gasteiger partial charge in [0.1, 0.15) is 35.6 Å². The zero-order chi connectivity index (χ0) is 84.6. The topological polar surface area (TPSA) is 381 Å². The first-order valence-corrected chi connectivity index (χ1v) is 37.0. The van der Waals surface area contributed by atoms with Crippen molar-refractivity contribution in [2.24, 2.45) is 10.8 Å². The average Bonchev–Trinajstić information content (AvgIpc) is 1.35. The van der Waals surface area contributed by atoms with E-state index in [1.807, 2.05) is 11.4 Å². The maximum absolute atomic E-state index is 16.9. The molecule has 0 aliphatic carbocycles. The first-order chi connectivity index (χ1) is 53.8. The molecule has 3 aliphatic heterocycles. The van der Waals surface area contributed by atoms with Crippen molar-refractivity contribution < 1.29 is 120 Å². The fourth-order valence-electron chi connectivity index (χ4n) is 13.7. The van der Waals surface area contributed by atoms with Crippen LogP contribution in [0.4, 0.5) is 59.4 Å². The molecular formula is C75H82F10N13O16P. The van der Waals surface area contributed by atoms with Gasteiger partial charge in [-0.2, -0.15) is 45.5 Å². The van der Waals surface area contributed by atoms with E-state index in [-0.39, 0.29) is 43.6 Å². The van der Waals surface area contributed by atoms with Gasteiger partial charge in [0, 0.05) is 84.5 Å². The van der Waals surface area contributed by atoms with Crippen molar-refractivity contribution >= 4 is 55.6 Å². The minimum atomic E-state index is -5.62. The Hall–Kier alpha value is -11.0. The Labute approximate surface area is 651 Å². The number of esters is 1. The number of phosphoric acid groups is 1. The number of alkyl halides is 8. The van der Waals surface area contributed by atoms with E-state index in [4.69, 9.17) is 14.0 Å². The van der Waals surface area contributed by atoms with Crippen LogP contribution in [0.5, 0.6) is 5.75 Å². The van der Waals surface area contributed by atoms with Gasteiger partial charge in [-0.05, 0) is 131 Å². The SMILES string of the molecule is COC(=O)N[C@H](C(=O)N[C@@H](Cc1ccc(C#Cc2cnc(N3CC4CCC(C3)N4C3COC3)nc2)cc1)[C@H](CN(Cc1c(F)cc(-c2ccn(C(F)F)n2)cc1F)NC(=O)[C@@H](NC(=O)OC)C(C)(C)C(F)(F)F)OC(=O)CC(C)(C)c1c(CC(=O)NCc2cc(C#N)cc(C(=O)O)c2)cc(C)cc1OP(=O)(O)O)C(C)(C)C(F)(F)F. The van der Waals surface area contributed by atoms with Crippen LogP contribution in [0.3, 0.4) is 0 Å². The lowest BCUT2D eigenvalue weighted by Gasteiger charge is -2.47. The third-order valence-electron chi connectivity index (χ3n) is 19.9. The summed E-state index contributed by atoms with van der Waals surface area (Å²) in [4.78, 5) is 132. The highest BCUT2D eigenvalue weighted by Crippen LogP contribution is 2.47. The third-order valence-corrected chi connectivity index (χ3v) is 20.4. The predicted octanol–water partition coefficient (Wildman–Crippen LogP) is 9.14. The molecule has 3 aliphatic rings. The van der Waals surface area contributed by atoms with Gasteiger partial charge in [0.05, 0.1) is 98.2 Å². The molecule has 40 heteroatoms. The van der Waals surface area contributed by atoms with Crippen LogP contribution in [0, 0.1) is 52.6 Å². The van der Waals surface area contributed by atoms with Crippen LogP contribution in [0.2, 0.25) is 0 Å². The van der Waals surface area contributed by atoms with Gasteiger partial charge in [0.2, 0.25) is 17.8 Å². The zero-order valence-corrected chi connectivity index (χ0v) is 64.1. The molecule has 6 atom stereocenters. The summed E-state index contributed by atoms with van der Waals surface area (Å²) in [5, 5.41) is 31.9. The number of anilines is 1. The van der Waals surface area contributed by atoms with Crippen LogP contribution in [0.15, 0.2) is 91.4 Å². The summed E-state index contributed by atoms with van der Waals surface area (Å²) in [7, 11) is -4.15. The monoisotopic (exact) mass is 1640 g/mol. The highest BCUT2D eigenvalue weighted by atomic mass is 31.2. The van der Waals surface area contributed by atoms with E-state index in [9.17, 15) is 57.5 Å². The van der Waals surface area contributed by atoms with Crippen LogP contribution in [-0.2, 0) is 74.0 Å². The average molecular weight is 1640 g/mol. The Morgan fingerprint density at radius 2 is 1.33 bits per heavy atom. The number of piperazine rings is 1. The van der Waals surface area contributed by atoms with E-state index < -0.39 is 182 Å². The molecule has 8 N–H and O–H groups in total. The first-order valence-electron chi connectivity index (χ1n) is 35.4. The van der Waals surface area contributed by atoms with Crippen molar-refractivity contribution in [1.29, 1.82) is 5.26 Å². The molecule has 4 aromatic carbocycles. The van der Waals surface area contributed by atoms with Crippen LogP contribution in [0.1, 0.15) is 128 Å². The van der Waals surface area contributed by atoms with Crippen molar-refractivity contribution in [2.75, 3.05) is 52.0 Å². The number of nitrogens with zero attached hydrogens (tertiary/aromatic N) is 8. The number of carboxylic acid groups (broad SMARTS) is 1. The van der Waals surface area contributed by atoms with Crippen molar-refractivity contribution in [3.8, 4) is 34.9 Å². The number of ether oxygens (including phenoxy) is 4. The predicted molar refractivity (Wildman–Crippen MR) is 386 cm³/mol. The van der Waals surface area contributed by atoms with Crippen molar-refractivity contribution in [3.63, 3.8) is 0 Å². The van der Waals surface area contributed by atoms with E-state index in [0.717, 1.165) is 51.5 Å². The summed E-state index contributed by atoms with van der Waals surface area (Å²) in [5.41, 5.74) is -8.23. The van der Waals surface area contributed by atoms with Crippen molar-refractivity contribution in [3.05, 3.63) is 159 Å². The lowest BCUT2D eigenvalue weighted by Crippen LogP contribution is -2.64. The van der Waals surface area contributed by atoms with Crippen LogP contribution >= 0.6 is 7.82 Å². The number of halogens is 10. The second kappa shape index (κ2) is 35.8. The quantitative estimate of drug-likeness (QED) is 0.00520. The standard InChI is InChI=1S/C75H82F10N13O16P/c1-40-20-47(28-59(99)87-33-45-22-44(30-86)23-48(24-45)66(103)104)61(57(21-40)114-115(107,108)109)71(2,3)29-60(100)113-58(37-96(94-65(102)63(92-70(106)111-9)73(6,7)75(83,84)85)36-52-53(76)26-46(27-54(52)77)55-18-19-97(93-55)67(78)79)56(90-64(101)62(91-69(105)110-8)72(4,5)74(80,81)82)25-42-13-10-41(11-14-42)12-15-43-31-88-68(89-32-43)95-34-49-16-17-50(35-95)98(49)51-38-112-39-51/h10-11,13-14,18-24,26-27,31-32,49-51,56,58,62-63,67H,16-17,25,28-29,33-39H2,1-9H3,(H,87,99)(H,90,101)(H,91,105)(H,92,106)(H,94,102)(H,103,104)(H2,107,108,109)/t49?,50?,56-,58-,62+,63+/m0/s1. The highest BCUT2D eigenvalue weighted by molar-refractivity contribution is 7.46. The number of carboxylic acids is 1. The van der Waals surface area contributed by atoms with Gasteiger partial charge in [0.25, 0.3) is 5.91 Å². The number of aryl methyl sites for hydroxylation is 1. The number of hydrogen-bond donors (Lipinski definition) is 8. The number of nitriles is 1. The van der Waals surface area contributed by atoms with Crippen LogP contribution < -0.4 is 36.1 Å². The molecule has 0 radical (unpaired) electrons. The molecule has 2 unspecified atom stereocenters. The number of phosphoric ester groups is 1. The van der Waals surface area contributed by atoms with Crippen LogP contribution in [-0.4, -0.2) is 188 Å². The Morgan fingerprint density at radius 3 is 1.85 bits per heavy atom. The summed E-state index contributed by atoms with van der Waals surface area (Å²) in [6, 6.07) is 8.92. The number of nitrogens with one attached hydrogen (secondary N) is 5. The Kier molecular flexibility index (Phi) is 27.4. The molecule has 3 saturated heterocycles. The summed E-state index contributed by atoms with van der Waals surface area (Å²) in [5.74, 6) is -4.73.